The third-order valence-corrected chi connectivity index (χ3v) is 5.35. The second kappa shape index (κ2) is 7.33. The van der Waals surface area contributed by atoms with Crippen molar-refractivity contribution >= 4 is 28.3 Å². The van der Waals surface area contributed by atoms with Crippen LogP contribution in [0.25, 0.3) is 27.5 Å². The van der Waals surface area contributed by atoms with Gasteiger partial charge in [0.15, 0.2) is 11.5 Å². The largest absolute Gasteiger partial charge is 0.355 e. The molecule has 8 heteroatoms. The topological polar surface area (TPSA) is 85.8 Å². The number of imidazole rings is 1. The van der Waals surface area contributed by atoms with Gasteiger partial charge in [0.1, 0.15) is 12.1 Å². The maximum Gasteiger partial charge on any atom is 0.273 e. The Morgan fingerprint density at radius 1 is 1.10 bits per heavy atom. The van der Waals surface area contributed by atoms with Crippen LogP contribution in [-0.4, -0.2) is 25.6 Å². The van der Waals surface area contributed by atoms with E-state index in [9.17, 15) is 4.79 Å². The van der Waals surface area contributed by atoms with Crippen LogP contribution >= 0.6 is 11.3 Å². The average molecular weight is 401 g/mol. The molecular formula is C21H15N5O2S. The van der Waals surface area contributed by atoms with Crippen LogP contribution in [0, 0.1) is 0 Å². The summed E-state index contributed by atoms with van der Waals surface area (Å²) in [6.45, 7) is 0.345. The minimum Gasteiger partial charge on any atom is -0.355 e. The highest BCUT2D eigenvalue weighted by Crippen LogP contribution is 2.25. The van der Waals surface area contributed by atoms with Gasteiger partial charge in [0, 0.05) is 18.8 Å². The van der Waals surface area contributed by atoms with Crippen LogP contribution in [0.4, 0.5) is 0 Å². The van der Waals surface area contributed by atoms with Crippen molar-refractivity contribution < 1.29 is 9.32 Å². The molecule has 0 fully saturated rings. The summed E-state index contributed by atoms with van der Waals surface area (Å²) in [6, 6.07) is 17.2. The quantitative estimate of drug-likeness (QED) is 0.480. The van der Waals surface area contributed by atoms with Gasteiger partial charge < -0.3 is 9.84 Å². The number of nitrogens with one attached hydrogen (secondary N) is 1. The van der Waals surface area contributed by atoms with E-state index in [1.807, 2.05) is 58.5 Å². The summed E-state index contributed by atoms with van der Waals surface area (Å²) in [5.41, 5.74) is 3.05. The molecule has 5 rings (SSSR count). The van der Waals surface area contributed by atoms with Gasteiger partial charge in [-0.3, -0.25) is 9.36 Å². The van der Waals surface area contributed by atoms with Gasteiger partial charge in [-0.15, -0.1) is 11.3 Å². The van der Waals surface area contributed by atoms with Crippen molar-refractivity contribution in [3.05, 3.63) is 83.8 Å². The van der Waals surface area contributed by atoms with Gasteiger partial charge in [-0.1, -0.05) is 29.4 Å². The molecule has 4 aromatic heterocycles. The molecule has 5 aromatic rings. The van der Waals surface area contributed by atoms with E-state index in [4.69, 9.17) is 4.52 Å². The molecule has 1 amide bonds. The highest BCUT2D eigenvalue weighted by Gasteiger charge is 2.14. The van der Waals surface area contributed by atoms with Gasteiger partial charge in [-0.2, -0.15) is 0 Å². The average Bonchev–Trinajstić information content (AvgIpc) is 3.52. The van der Waals surface area contributed by atoms with E-state index in [0.29, 0.717) is 12.3 Å². The molecule has 0 aliphatic heterocycles. The number of thiophene rings is 1. The van der Waals surface area contributed by atoms with Crippen LogP contribution in [0.5, 0.6) is 0 Å². The molecule has 4 heterocycles. The first-order valence-electron chi connectivity index (χ1n) is 8.94. The Balaban J connectivity index is 1.26. The molecule has 142 valence electrons. The second-order valence-corrected chi connectivity index (χ2v) is 7.31. The number of pyridine rings is 1. The zero-order valence-electron chi connectivity index (χ0n) is 15.1. The second-order valence-electron chi connectivity index (χ2n) is 6.36. The van der Waals surface area contributed by atoms with E-state index in [2.05, 4.69) is 20.4 Å². The van der Waals surface area contributed by atoms with Crippen molar-refractivity contribution in [1.29, 1.82) is 0 Å². The van der Waals surface area contributed by atoms with E-state index in [1.54, 1.807) is 18.6 Å². The maximum atomic E-state index is 12.3. The van der Waals surface area contributed by atoms with Crippen LogP contribution in [0.3, 0.4) is 0 Å². The maximum absolute atomic E-state index is 12.3. The predicted molar refractivity (Wildman–Crippen MR) is 110 cm³/mol. The van der Waals surface area contributed by atoms with Crippen molar-refractivity contribution in [1.82, 2.24) is 25.0 Å². The van der Waals surface area contributed by atoms with Crippen LogP contribution < -0.4 is 5.32 Å². The molecule has 0 bridgehead atoms. The summed E-state index contributed by atoms with van der Waals surface area (Å²) in [5.74, 6) is 1.07. The summed E-state index contributed by atoms with van der Waals surface area (Å²) in [6.07, 6.45) is 3.49. The molecule has 0 radical (unpaired) electrons. The Hall–Kier alpha value is -3.78. The Labute approximate surface area is 169 Å². The monoisotopic (exact) mass is 401 g/mol. The van der Waals surface area contributed by atoms with E-state index >= 15 is 0 Å². The van der Waals surface area contributed by atoms with Gasteiger partial charge in [0.2, 0.25) is 0 Å². The normalized spacial score (nSPS) is 11.0. The molecule has 0 aliphatic carbocycles. The van der Waals surface area contributed by atoms with Crippen LogP contribution in [0.2, 0.25) is 0 Å². The highest BCUT2D eigenvalue weighted by atomic mass is 32.1. The number of carbonyl (C=O) groups excluding carboxylic acids is 1. The van der Waals surface area contributed by atoms with E-state index in [1.165, 1.54) is 11.3 Å². The molecule has 29 heavy (non-hydrogen) atoms. The van der Waals surface area contributed by atoms with Gasteiger partial charge in [-0.05, 0) is 35.2 Å². The molecule has 0 aliphatic rings. The summed E-state index contributed by atoms with van der Waals surface area (Å²) in [4.78, 5) is 22.2. The number of rotatable bonds is 5. The number of para-hydroxylation sites is 2. The molecule has 0 saturated heterocycles. The van der Waals surface area contributed by atoms with Crippen LogP contribution in [-0.2, 0) is 6.54 Å². The lowest BCUT2D eigenvalue weighted by Gasteiger charge is -2.06. The molecule has 0 atom stereocenters. The number of aromatic nitrogens is 4. The lowest BCUT2D eigenvalue weighted by atomic mass is 10.2. The third-order valence-electron chi connectivity index (χ3n) is 4.47. The van der Waals surface area contributed by atoms with Crippen LogP contribution in [0.1, 0.15) is 16.1 Å². The molecule has 0 unspecified atom stereocenters. The lowest BCUT2D eigenvalue weighted by Crippen LogP contribution is -2.23. The SMILES string of the molecule is O=C(NCc1ccc(-n2cnc3ccccc32)nc1)c1cc(-c2cccs2)on1. The zero-order valence-corrected chi connectivity index (χ0v) is 16.0. The van der Waals surface area contributed by atoms with Crippen molar-refractivity contribution in [3.8, 4) is 16.5 Å². The van der Waals surface area contributed by atoms with Gasteiger partial charge in [-0.25, -0.2) is 9.97 Å². The summed E-state index contributed by atoms with van der Waals surface area (Å²) < 4.78 is 7.18. The van der Waals surface area contributed by atoms with Gasteiger partial charge >= 0.3 is 0 Å². The number of nitrogens with zero attached hydrogens (tertiary/aromatic N) is 4. The number of amides is 1. The van der Waals surface area contributed by atoms with E-state index in [-0.39, 0.29) is 11.6 Å². The number of fused-ring (bicyclic) bond motifs is 1. The number of carbonyl (C=O) groups is 1. The first-order valence-corrected chi connectivity index (χ1v) is 9.82. The van der Waals surface area contributed by atoms with E-state index in [0.717, 1.165) is 27.3 Å². The Kier molecular flexibility index (Phi) is 4.38. The van der Waals surface area contributed by atoms with Crippen LogP contribution in [0.15, 0.2) is 77.0 Å². The number of hydrogen-bond acceptors (Lipinski definition) is 6. The van der Waals surface area contributed by atoms with Crippen molar-refractivity contribution in [2.24, 2.45) is 0 Å². The van der Waals surface area contributed by atoms with E-state index < -0.39 is 0 Å². The third kappa shape index (κ3) is 3.41. The van der Waals surface area contributed by atoms with Crippen molar-refractivity contribution in [2.45, 2.75) is 6.54 Å². The molecule has 1 N–H and O–H groups in total. The highest BCUT2D eigenvalue weighted by molar-refractivity contribution is 7.13. The van der Waals surface area contributed by atoms with Crippen molar-refractivity contribution in [3.63, 3.8) is 0 Å². The fourth-order valence-electron chi connectivity index (χ4n) is 3.00. The molecule has 7 nitrogen and oxygen atoms in total. The summed E-state index contributed by atoms with van der Waals surface area (Å²) in [7, 11) is 0. The molecule has 0 saturated carbocycles. The molecule has 1 aromatic carbocycles. The standard InChI is InChI=1S/C21H15N5O2S/c27-21(16-10-18(28-25-16)19-6-3-9-29-19)23-12-14-7-8-20(22-11-14)26-13-24-15-4-1-2-5-17(15)26/h1-11,13H,12H2,(H,23,27). The predicted octanol–water partition coefficient (Wildman–Crippen LogP) is 4.07. The fraction of sp³-hybridized carbons (Fsp3) is 0.0476. The summed E-state index contributed by atoms with van der Waals surface area (Å²) in [5, 5.41) is 8.64. The lowest BCUT2D eigenvalue weighted by molar-refractivity contribution is 0.0942. The molecular weight excluding hydrogens is 386 g/mol. The Bertz CT molecular complexity index is 1270. The van der Waals surface area contributed by atoms with Gasteiger partial charge in [0.25, 0.3) is 5.91 Å². The Morgan fingerprint density at radius 3 is 2.86 bits per heavy atom. The van der Waals surface area contributed by atoms with Crippen molar-refractivity contribution in [2.75, 3.05) is 0 Å². The first-order chi connectivity index (χ1) is 14.3. The smallest absolute Gasteiger partial charge is 0.273 e. The minimum absolute atomic E-state index is 0.253. The molecule has 0 spiro atoms. The summed E-state index contributed by atoms with van der Waals surface area (Å²) >= 11 is 1.53. The zero-order chi connectivity index (χ0) is 19.6. The fourth-order valence-corrected chi connectivity index (χ4v) is 3.67. The minimum atomic E-state index is -0.291. The number of benzene rings is 1. The first kappa shape index (κ1) is 17.3. The van der Waals surface area contributed by atoms with Gasteiger partial charge in [0.05, 0.1) is 15.9 Å². The Morgan fingerprint density at radius 2 is 2.03 bits per heavy atom. The number of hydrogen-bond donors (Lipinski definition) is 1.